The molecule has 2 aromatic carbocycles. The van der Waals surface area contributed by atoms with Crippen LogP contribution in [0.25, 0.3) is 0 Å². The summed E-state index contributed by atoms with van der Waals surface area (Å²) in [5.74, 6) is 1.05. The van der Waals surface area contributed by atoms with Gasteiger partial charge >= 0.3 is 0 Å². The minimum absolute atomic E-state index is 0.114. The standard InChI is InChI=1S/C21H28N2O5S/c1-16-5-9-19(10-6-16)27-14-17(2)22-21(24)15-28-20-11-7-18(8-12-20)13-23(3)29(4,25)26/h5-12,17H,13-15H2,1-4H3,(H,22,24)/t17-/m1/s1. The second-order valence-corrected chi connectivity index (χ2v) is 9.13. The molecule has 2 rings (SSSR count). The zero-order valence-electron chi connectivity index (χ0n) is 17.2. The largest absolute Gasteiger partial charge is 0.491 e. The van der Waals surface area contributed by atoms with Crippen LogP contribution in [0.4, 0.5) is 0 Å². The molecule has 1 amide bonds. The summed E-state index contributed by atoms with van der Waals surface area (Å²) in [6.07, 6.45) is 1.16. The van der Waals surface area contributed by atoms with Crippen LogP contribution >= 0.6 is 0 Å². The lowest BCUT2D eigenvalue weighted by molar-refractivity contribution is -0.123. The van der Waals surface area contributed by atoms with Gasteiger partial charge in [-0.2, -0.15) is 0 Å². The summed E-state index contributed by atoms with van der Waals surface area (Å²) in [4.78, 5) is 12.0. The van der Waals surface area contributed by atoms with E-state index in [2.05, 4.69) is 5.32 Å². The van der Waals surface area contributed by atoms with Gasteiger partial charge < -0.3 is 14.8 Å². The molecule has 0 spiro atoms. The van der Waals surface area contributed by atoms with Crippen molar-refractivity contribution in [2.24, 2.45) is 0 Å². The topological polar surface area (TPSA) is 84.9 Å². The normalized spacial score (nSPS) is 12.4. The predicted octanol–water partition coefficient (Wildman–Crippen LogP) is 2.35. The average molecular weight is 421 g/mol. The highest BCUT2D eigenvalue weighted by molar-refractivity contribution is 7.88. The van der Waals surface area contributed by atoms with E-state index in [1.54, 1.807) is 24.3 Å². The number of nitrogens with one attached hydrogen (secondary N) is 1. The van der Waals surface area contributed by atoms with Crippen molar-refractivity contribution < 1.29 is 22.7 Å². The number of aryl methyl sites for hydroxylation is 1. The quantitative estimate of drug-likeness (QED) is 0.638. The monoisotopic (exact) mass is 420 g/mol. The molecule has 0 aliphatic rings. The van der Waals surface area contributed by atoms with Gasteiger partial charge in [0.25, 0.3) is 5.91 Å². The molecule has 0 aromatic heterocycles. The minimum Gasteiger partial charge on any atom is -0.491 e. The van der Waals surface area contributed by atoms with Gasteiger partial charge in [-0.3, -0.25) is 4.79 Å². The Labute approximate surface area is 172 Å². The molecule has 8 heteroatoms. The van der Waals surface area contributed by atoms with Crippen LogP contribution in [0.2, 0.25) is 0 Å². The summed E-state index contributed by atoms with van der Waals surface area (Å²) in [6.45, 7) is 4.39. The molecule has 0 saturated carbocycles. The van der Waals surface area contributed by atoms with Crippen LogP contribution in [-0.2, 0) is 21.4 Å². The number of amides is 1. The summed E-state index contributed by atoms with van der Waals surface area (Å²) in [5.41, 5.74) is 1.99. The van der Waals surface area contributed by atoms with E-state index in [1.165, 1.54) is 11.4 Å². The Hall–Kier alpha value is -2.58. The van der Waals surface area contributed by atoms with Gasteiger partial charge in [0.2, 0.25) is 10.0 Å². The molecule has 158 valence electrons. The van der Waals surface area contributed by atoms with Crippen molar-refractivity contribution in [1.29, 1.82) is 0 Å². The van der Waals surface area contributed by atoms with E-state index in [4.69, 9.17) is 9.47 Å². The molecule has 0 aliphatic heterocycles. The summed E-state index contributed by atoms with van der Waals surface area (Å²) < 4.78 is 35.3. The van der Waals surface area contributed by atoms with Crippen LogP contribution in [0.5, 0.6) is 11.5 Å². The van der Waals surface area contributed by atoms with Crippen LogP contribution in [0, 0.1) is 6.92 Å². The fourth-order valence-corrected chi connectivity index (χ4v) is 2.81. The van der Waals surface area contributed by atoms with E-state index >= 15 is 0 Å². The van der Waals surface area contributed by atoms with Gasteiger partial charge in [-0.25, -0.2) is 12.7 Å². The van der Waals surface area contributed by atoms with E-state index in [0.29, 0.717) is 12.4 Å². The van der Waals surface area contributed by atoms with E-state index in [0.717, 1.165) is 23.1 Å². The molecule has 0 radical (unpaired) electrons. The van der Waals surface area contributed by atoms with Crippen molar-refractivity contribution in [2.75, 3.05) is 26.5 Å². The van der Waals surface area contributed by atoms with Crippen molar-refractivity contribution in [2.45, 2.75) is 26.4 Å². The maximum Gasteiger partial charge on any atom is 0.258 e. The average Bonchev–Trinajstić information content (AvgIpc) is 2.66. The summed E-state index contributed by atoms with van der Waals surface area (Å²) >= 11 is 0. The third kappa shape index (κ3) is 8.13. The number of sulfonamides is 1. The summed E-state index contributed by atoms with van der Waals surface area (Å²) in [7, 11) is -1.71. The van der Waals surface area contributed by atoms with Crippen LogP contribution in [-0.4, -0.2) is 51.2 Å². The van der Waals surface area contributed by atoms with Gasteiger partial charge in [-0.05, 0) is 43.7 Å². The predicted molar refractivity (Wildman–Crippen MR) is 113 cm³/mol. The number of hydrogen-bond donors (Lipinski definition) is 1. The molecule has 0 heterocycles. The lowest BCUT2D eigenvalue weighted by Gasteiger charge is -2.16. The number of carbonyl (C=O) groups excluding carboxylic acids is 1. The zero-order chi connectivity index (χ0) is 21.4. The maximum absolute atomic E-state index is 12.0. The van der Waals surface area contributed by atoms with Gasteiger partial charge in [-0.1, -0.05) is 29.8 Å². The van der Waals surface area contributed by atoms with Crippen LogP contribution in [0.1, 0.15) is 18.1 Å². The molecule has 1 N–H and O–H groups in total. The molecule has 0 aliphatic carbocycles. The van der Waals surface area contributed by atoms with Crippen molar-refractivity contribution in [3.8, 4) is 11.5 Å². The number of benzene rings is 2. The van der Waals surface area contributed by atoms with E-state index in [9.17, 15) is 13.2 Å². The second-order valence-electron chi connectivity index (χ2n) is 7.04. The SMILES string of the molecule is Cc1ccc(OC[C@@H](C)NC(=O)COc2ccc(CN(C)S(C)(=O)=O)cc2)cc1. The number of ether oxygens (including phenoxy) is 2. The third-order valence-electron chi connectivity index (χ3n) is 4.19. The van der Waals surface area contributed by atoms with E-state index < -0.39 is 10.0 Å². The Balaban J connectivity index is 1.73. The fourth-order valence-electron chi connectivity index (χ4n) is 2.43. The summed E-state index contributed by atoms with van der Waals surface area (Å²) in [5, 5.41) is 2.82. The molecular weight excluding hydrogens is 392 g/mol. The van der Waals surface area contributed by atoms with Crippen molar-refractivity contribution in [3.05, 3.63) is 59.7 Å². The number of nitrogens with zero attached hydrogens (tertiary/aromatic N) is 1. The molecule has 29 heavy (non-hydrogen) atoms. The van der Waals surface area contributed by atoms with Crippen LogP contribution in [0.3, 0.4) is 0 Å². The first-order valence-corrected chi connectivity index (χ1v) is 11.1. The van der Waals surface area contributed by atoms with Crippen molar-refractivity contribution in [1.82, 2.24) is 9.62 Å². The zero-order valence-corrected chi connectivity index (χ0v) is 18.0. The fraction of sp³-hybridized carbons (Fsp3) is 0.381. The van der Waals surface area contributed by atoms with Gasteiger partial charge in [0.15, 0.2) is 6.61 Å². The lowest BCUT2D eigenvalue weighted by Crippen LogP contribution is -2.39. The molecule has 0 unspecified atom stereocenters. The number of hydrogen-bond acceptors (Lipinski definition) is 5. The van der Waals surface area contributed by atoms with E-state index in [-0.39, 0.29) is 25.1 Å². The molecular formula is C21H28N2O5S. The third-order valence-corrected chi connectivity index (χ3v) is 5.45. The highest BCUT2D eigenvalue weighted by Crippen LogP contribution is 2.14. The first-order valence-electron chi connectivity index (χ1n) is 9.25. The first-order chi connectivity index (χ1) is 13.6. The molecule has 2 aromatic rings. The van der Waals surface area contributed by atoms with Crippen LogP contribution < -0.4 is 14.8 Å². The van der Waals surface area contributed by atoms with Gasteiger partial charge in [0, 0.05) is 13.6 Å². The smallest absolute Gasteiger partial charge is 0.258 e. The molecule has 0 fully saturated rings. The highest BCUT2D eigenvalue weighted by atomic mass is 32.2. The number of carbonyl (C=O) groups is 1. The Morgan fingerprint density at radius 1 is 1.03 bits per heavy atom. The summed E-state index contributed by atoms with van der Waals surface area (Å²) in [6, 6.07) is 14.5. The van der Waals surface area contributed by atoms with Gasteiger partial charge in [0.1, 0.15) is 18.1 Å². The molecule has 7 nitrogen and oxygen atoms in total. The van der Waals surface area contributed by atoms with Crippen LogP contribution in [0.15, 0.2) is 48.5 Å². The Bertz CT molecular complexity index is 896. The minimum atomic E-state index is -3.23. The van der Waals surface area contributed by atoms with Gasteiger partial charge in [-0.15, -0.1) is 0 Å². The maximum atomic E-state index is 12.0. The molecule has 0 saturated heterocycles. The van der Waals surface area contributed by atoms with Gasteiger partial charge in [0.05, 0.1) is 12.3 Å². The Morgan fingerprint density at radius 3 is 2.17 bits per heavy atom. The van der Waals surface area contributed by atoms with E-state index in [1.807, 2.05) is 38.1 Å². The molecule has 1 atom stereocenters. The lowest BCUT2D eigenvalue weighted by atomic mass is 10.2. The first kappa shape index (κ1) is 22.7. The Kier molecular flexibility index (Phi) is 8.04. The Morgan fingerprint density at radius 2 is 1.59 bits per heavy atom. The molecule has 0 bridgehead atoms. The second kappa shape index (κ2) is 10.3. The highest BCUT2D eigenvalue weighted by Gasteiger charge is 2.12. The van der Waals surface area contributed by atoms with Crippen molar-refractivity contribution in [3.63, 3.8) is 0 Å². The van der Waals surface area contributed by atoms with Crippen molar-refractivity contribution >= 4 is 15.9 Å². The number of rotatable bonds is 10.